The molecule has 0 spiro atoms. The molecule has 118 valence electrons. The van der Waals surface area contributed by atoms with Crippen molar-refractivity contribution in [3.05, 3.63) is 30.3 Å². The van der Waals surface area contributed by atoms with Crippen LogP contribution in [0.3, 0.4) is 0 Å². The Morgan fingerprint density at radius 2 is 2.00 bits per heavy atom. The zero-order chi connectivity index (χ0) is 14.8. The van der Waals surface area contributed by atoms with Gasteiger partial charge >= 0.3 is 0 Å². The van der Waals surface area contributed by atoms with Crippen molar-refractivity contribution in [3.8, 4) is 0 Å². The van der Waals surface area contributed by atoms with E-state index in [2.05, 4.69) is 18.7 Å². The summed E-state index contributed by atoms with van der Waals surface area (Å²) in [4.78, 5) is 16.3. The molecular weight excluding hydrogens is 286 g/mol. The number of likely N-dealkylation sites (tertiary alicyclic amines) is 1. The van der Waals surface area contributed by atoms with E-state index in [0.29, 0.717) is 6.54 Å². The largest absolute Gasteiger partial charge is 0.327 e. The predicted octanol–water partition coefficient (Wildman–Crippen LogP) is 2.13. The van der Waals surface area contributed by atoms with Crippen molar-refractivity contribution in [1.82, 2.24) is 4.90 Å². The highest BCUT2D eigenvalue weighted by molar-refractivity contribution is 5.94. The van der Waals surface area contributed by atoms with Crippen molar-refractivity contribution in [2.75, 3.05) is 31.6 Å². The fourth-order valence-electron chi connectivity index (χ4n) is 2.71. The van der Waals surface area contributed by atoms with Crippen LogP contribution in [0.2, 0.25) is 0 Å². The molecule has 2 N–H and O–H groups in total. The zero-order valence-electron chi connectivity index (χ0n) is 13.1. The second-order valence-corrected chi connectivity index (χ2v) is 6.38. The van der Waals surface area contributed by atoms with Crippen molar-refractivity contribution in [2.24, 2.45) is 11.1 Å². The number of anilines is 1. The topological polar surface area (TPSA) is 49.6 Å². The number of rotatable bonds is 3. The van der Waals surface area contributed by atoms with E-state index in [9.17, 15) is 4.79 Å². The first kappa shape index (κ1) is 18.0. The molecule has 0 radical (unpaired) electrons. The lowest BCUT2D eigenvalue weighted by Gasteiger charge is -2.42. The van der Waals surface area contributed by atoms with Gasteiger partial charge < -0.3 is 10.6 Å². The number of carbonyl (C=O) groups excluding carboxylic acids is 1. The first-order chi connectivity index (χ1) is 9.40. The Hall–Kier alpha value is -1.10. The Balaban J connectivity index is 0.00000220. The van der Waals surface area contributed by atoms with Crippen LogP contribution in [0, 0.1) is 5.41 Å². The molecule has 5 heteroatoms. The molecule has 0 saturated carbocycles. The number of carbonyl (C=O) groups is 1. The minimum Gasteiger partial charge on any atom is -0.327 e. The molecule has 1 amide bonds. The second kappa shape index (κ2) is 7.25. The molecular formula is C16H26ClN3O. The summed E-state index contributed by atoms with van der Waals surface area (Å²) in [5, 5.41) is 0. The zero-order valence-corrected chi connectivity index (χ0v) is 13.9. The van der Waals surface area contributed by atoms with Crippen molar-refractivity contribution < 1.29 is 4.79 Å². The van der Waals surface area contributed by atoms with Gasteiger partial charge in [0.2, 0.25) is 5.91 Å². The van der Waals surface area contributed by atoms with Gasteiger partial charge in [-0.1, -0.05) is 32.0 Å². The maximum atomic E-state index is 12.4. The van der Waals surface area contributed by atoms with Crippen LogP contribution in [0.5, 0.6) is 0 Å². The molecule has 0 aliphatic carbocycles. The third-order valence-corrected chi connectivity index (χ3v) is 4.27. The Morgan fingerprint density at radius 3 is 2.57 bits per heavy atom. The molecule has 21 heavy (non-hydrogen) atoms. The second-order valence-electron chi connectivity index (χ2n) is 6.38. The van der Waals surface area contributed by atoms with E-state index in [-0.39, 0.29) is 29.8 Å². The highest BCUT2D eigenvalue weighted by Gasteiger charge is 2.34. The highest BCUT2D eigenvalue weighted by atomic mass is 35.5. The third kappa shape index (κ3) is 4.43. The molecule has 0 bridgehead atoms. The number of nitrogens with two attached hydrogens (primary N) is 1. The van der Waals surface area contributed by atoms with Gasteiger partial charge in [-0.25, -0.2) is 0 Å². The lowest BCUT2D eigenvalue weighted by Crippen LogP contribution is -2.54. The first-order valence-corrected chi connectivity index (χ1v) is 7.20. The summed E-state index contributed by atoms with van der Waals surface area (Å²) >= 11 is 0. The normalized spacial score (nSPS) is 21.4. The Kier molecular flexibility index (Phi) is 6.20. The Morgan fingerprint density at radius 1 is 1.38 bits per heavy atom. The van der Waals surface area contributed by atoms with Gasteiger partial charge in [0.15, 0.2) is 0 Å². The number of piperidine rings is 1. The van der Waals surface area contributed by atoms with Gasteiger partial charge in [0.05, 0.1) is 6.54 Å². The minimum absolute atomic E-state index is 0. The summed E-state index contributed by atoms with van der Waals surface area (Å²) in [6, 6.07) is 9.98. The molecule has 1 aliphatic heterocycles. The van der Waals surface area contributed by atoms with Crippen LogP contribution in [0.15, 0.2) is 30.3 Å². The summed E-state index contributed by atoms with van der Waals surface area (Å²) in [6.45, 7) is 6.59. The van der Waals surface area contributed by atoms with Crippen LogP contribution >= 0.6 is 12.4 Å². The molecule has 1 unspecified atom stereocenters. The van der Waals surface area contributed by atoms with Gasteiger partial charge in [0.25, 0.3) is 0 Å². The molecule has 4 nitrogen and oxygen atoms in total. The molecule has 1 heterocycles. The Bertz CT molecular complexity index is 464. The van der Waals surface area contributed by atoms with Crippen molar-refractivity contribution in [2.45, 2.75) is 26.3 Å². The minimum atomic E-state index is 0. The number of benzene rings is 1. The molecule has 1 fully saturated rings. The van der Waals surface area contributed by atoms with E-state index in [1.165, 1.54) is 0 Å². The SMILES string of the molecule is CN(C(=O)CN1CCC(N)C(C)(C)C1)c1ccccc1.Cl. The molecule has 0 aromatic heterocycles. The van der Waals surface area contributed by atoms with Gasteiger partial charge in [-0.2, -0.15) is 0 Å². The van der Waals surface area contributed by atoms with Gasteiger partial charge in [-0.3, -0.25) is 9.69 Å². The van der Waals surface area contributed by atoms with E-state index >= 15 is 0 Å². The standard InChI is InChI=1S/C16H25N3O.ClH/c1-16(2)12-19(10-9-14(16)17)11-15(20)18(3)13-7-5-4-6-8-13;/h4-8,14H,9-12,17H2,1-3H3;1H. The van der Waals surface area contributed by atoms with Gasteiger partial charge in [0, 0.05) is 31.9 Å². The number of nitrogens with zero attached hydrogens (tertiary/aromatic N) is 2. The highest BCUT2D eigenvalue weighted by Crippen LogP contribution is 2.27. The van der Waals surface area contributed by atoms with Crippen molar-refractivity contribution in [1.29, 1.82) is 0 Å². The van der Waals surface area contributed by atoms with Gasteiger partial charge in [0.1, 0.15) is 0 Å². The third-order valence-electron chi connectivity index (χ3n) is 4.27. The summed E-state index contributed by atoms with van der Waals surface area (Å²) < 4.78 is 0. The first-order valence-electron chi connectivity index (χ1n) is 7.20. The summed E-state index contributed by atoms with van der Waals surface area (Å²) in [6.07, 6.45) is 0.954. The number of halogens is 1. The van der Waals surface area contributed by atoms with Crippen LogP contribution in [0.4, 0.5) is 5.69 Å². The average molecular weight is 312 g/mol. The van der Waals surface area contributed by atoms with Gasteiger partial charge in [-0.15, -0.1) is 12.4 Å². The van der Waals surface area contributed by atoms with E-state index in [1.54, 1.807) is 4.90 Å². The number of hydrogen-bond donors (Lipinski definition) is 1. The van der Waals surface area contributed by atoms with Crippen LogP contribution in [-0.4, -0.2) is 43.5 Å². The molecule has 2 rings (SSSR count). The van der Waals surface area contributed by atoms with E-state index < -0.39 is 0 Å². The lowest BCUT2D eigenvalue weighted by molar-refractivity contribution is -0.120. The number of hydrogen-bond acceptors (Lipinski definition) is 3. The predicted molar refractivity (Wildman–Crippen MR) is 89.9 cm³/mol. The molecule has 1 atom stereocenters. The van der Waals surface area contributed by atoms with Gasteiger partial charge in [-0.05, 0) is 24.0 Å². The monoisotopic (exact) mass is 311 g/mol. The van der Waals surface area contributed by atoms with Crippen molar-refractivity contribution in [3.63, 3.8) is 0 Å². The van der Waals surface area contributed by atoms with Crippen LogP contribution in [-0.2, 0) is 4.79 Å². The molecule has 1 aliphatic rings. The fourth-order valence-corrected chi connectivity index (χ4v) is 2.71. The number of likely N-dealkylation sites (N-methyl/N-ethyl adjacent to an activating group) is 1. The number of amides is 1. The Labute approximate surface area is 133 Å². The quantitative estimate of drug-likeness (QED) is 0.930. The smallest absolute Gasteiger partial charge is 0.240 e. The average Bonchev–Trinajstić information content (AvgIpc) is 2.42. The lowest BCUT2D eigenvalue weighted by atomic mass is 9.80. The molecule has 1 saturated heterocycles. The van der Waals surface area contributed by atoms with E-state index in [4.69, 9.17) is 5.73 Å². The molecule has 1 aromatic rings. The van der Waals surface area contributed by atoms with Crippen LogP contribution in [0.25, 0.3) is 0 Å². The molecule has 1 aromatic carbocycles. The van der Waals surface area contributed by atoms with Crippen LogP contribution in [0.1, 0.15) is 20.3 Å². The summed E-state index contributed by atoms with van der Waals surface area (Å²) in [5.74, 6) is 0.127. The van der Waals surface area contributed by atoms with Crippen molar-refractivity contribution >= 4 is 24.0 Å². The van der Waals surface area contributed by atoms with Crippen LogP contribution < -0.4 is 10.6 Å². The number of para-hydroxylation sites is 1. The maximum Gasteiger partial charge on any atom is 0.240 e. The summed E-state index contributed by atoms with van der Waals surface area (Å²) in [7, 11) is 1.83. The summed E-state index contributed by atoms with van der Waals surface area (Å²) in [5.41, 5.74) is 7.14. The van der Waals surface area contributed by atoms with E-state index in [0.717, 1.165) is 25.2 Å². The maximum absolute atomic E-state index is 12.4. The fraction of sp³-hybridized carbons (Fsp3) is 0.562. The van der Waals surface area contributed by atoms with E-state index in [1.807, 2.05) is 37.4 Å².